The summed E-state index contributed by atoms with van der Waals surface area (Å²) in [7, 11) is 1.82. The van der Waals surface area contributed by atoms with E-state index >= 15 is 0 Å². The molecule has 8 heteroatoms. The molecule has 2 aromatic rings. The Morgan fingerprint density at radius 2 is 2.00 bits per heavy atom. The standard InChI is InChI=1S/C17H23N5OS.HI/c1-13-16(24-12-20-13)11-19-17(18-2)22-9-7-21(8-10-22)14-5-3-4-6-15(14)23;/h3-6,12,23H,7-11H2,1-2H3,(H,18,19);1H. The van der Waals surface area contributed by atoms with Gasteiger partial charge in [0.2, 0.25) is 0 Å². The van der Waals surface area contributed by atoms with Gasteiger partial charge in [-0.2, -0.15) is 0 Å². The number of nitrogens with zero attached hydrogens (tertiary/aromatic N) is 4. The first-order valence-corrected chi connectivity index (χ1v) is 8.94. The van der Waals surface area contributed by atoms with Gasteiger partial charge in [0.25, 0.3) is 0 Å². The zero-order chi connectivity index (χ0) is 16.9. The van der Waals surface area contributed by atoms with E-state index in [0.29, 0.717) is 5.75 Å². The van der Waals surface area contributed by atoms with E-state index in [0.717, 1.165) is 50.1 Å². The van der Waals surface area contributed by atoms with Crippen LogP contribution in [0.15, 0.2) is 34.8 Å². The summed E-state index contributed by atoms with van der Waals surface area (Å²) >= 11 is 1.66. The number of anilines is 1. The lowest BCUT2D eigenvalue weighted by Crippen LogP contribution is -2.52. The molecule has 0 saturated carbocycles. The number of para-hydroxylation sites is 2. The predicted molar refractivity (Wildman–Crippen MR) is 114 cm³/mol. The molecule has 2 heterocycles. The summed E-state index contributed by atoms with van der Waals surface area (Å²) in [5.41, 5.74) is 3.85. The van der Waals surface area contributed by atoms with Crippen LogP contribution in [0.2, 0.25) is 0 Å². The van der Waals surface area contributed by atoms with Crippen molar-refractivity contribution in [3.8, 4) is 5.75 Å². The van der Waals surface area contributed by atoms with Crippen molar-refractivity contribution in [2.45, 2.75) is 13.5 Å². The Kier molecular flexibility index (Phi) is 7.30. The average molecular weight is 473 g/mol. The number of guanidine groups is 1. The fraction of sp³-hybridized carbons (Fsp3) is 0.412. The molecule has 1 fully saturated rings. The third-order valence-corrected chi connectivity index (χ3v) is 5.20. The number of rotatable bonds is 3. The number of halogens is 1. The van der Waals surface area contributed by atoms with Gasteiger partial charge in [-0.1, -0.05) is 12.1 Å². The van der Waals surface area contributed by atoms with Crippen LogP contribution < -0.4 is 10.2 Å². The summed E-state index contributed by atoms with van der Waals surface area (Å²) in [6.07, 6.45) is 0. The summed E-state index contributed by atoms with van der Waals surface area (Å²) in [5, 5.41) is 13.4. The minimum absolute atomic E-state index is 0. The van der Waals surface area contributed by atoms with Crippen molar-refractivity contribution in [2.75, 3.05) is 38.1 Å². The van der Waals surface area contributed by atoms with Crippen molar-refractivity contribution in [3.05, 3.63) is 40.3 Å². The highest BCUT2D eigenvalue weighted by atomic mass is 127. The van der Waals surface area contributed by atoms with Crippen molar-refractivity contribution < 1.29 is 5.11 Å². The van der Waals surface area contributed by atoms with Crippen LogP contribution in [-0.2, 0) is 6.54 Å². The first-order valence-electron chi connectivity index (χ1n) is 8.06. The molecule has 136 valence electrons. The highest BCUT2D eigenvalue weighted by Crippen LogP contribution is 2.27. The van der Waals surface area contributed by atoms with E-state index in [1.54, 1.807) is 17.4 Å². The molecule has 0 radical (unpaired) electrons. The van der Waals surface area contributed by atoms with Gasteiger partial charge >= 0.3 is 0 Å². The van der Waals surface area contributed by atoms with Crippen LogP contribution in [0.5, 0.6) is 5.75 Å². The Hall–Kier alpha value is -1.55. The second-order valence-electron chi connectivity index (χ2n) is 5.72. The van der Waals surface area contributed by atoms with Gasteiger partial charge in [-0.05, 0) is 19.1 Å². The lowest BCUT2D eigenvalue weighted by Gasteiger charge is -2.37. The summed E-state index contributed by atoms with van der Waals surface area (Å²) in [6.45, 7) is 6.24. The second-order valence-corrected chi connectivity index (χ2v) is 6.66. The fourth-order valence-electron chi connectivity index (χ4n) is 2.88. The van der Waals surface area contributed by atoms with E-state index in [1.165, 1.54) is 4.88 Å². The number of piperazine rings is 1. The number of hydrogen-bond acceptors (Lipinski definition) is 5. The highest BCUT2D eigenvalue weighted by molar-refractivity contribution is 14.0. The number of aromatic hydroxyl groups is 1. The number of aliphatic imine (C=N–C) groups is 1. The summed E-state index contributed by atoms with van der Waals surface area (Å²) in [5.74, 6) is 1.26. The van der Waals surface area contributed by atoms with Gasteiger partial charge < -0.3 is 20.2 Å². The maximum absolute atomic E-state index is 10.0. The Morgan fingerprint density at radius 1 is 1.28 bits per heavy atom. The van der Waals surface area contributed by atoms with E-state index in [1.807, 2.05) is 37.7 Å². The van der Waals surface area contributed by atoms with Gasteiger partial charge in [0.1, 0.15) is 5.75 Å². The summed E-state index contributed by atoms with van der Waals surface area (Å²) < 4.78 is 0. The number of phenolic OH excluding ortho intramolecular Hbond substituents is 1. The molecule has 6 nitrogen and oxygen atoms in total. The van der Waals surface area contributed by atoms with Crippen molar-refractivity contribution in [3.63, 3.8) is 0 Å². The molecule has 0 amide bonds. The molecule has 0 atom stereocenters. The highest BCUT2D eigenvalue weighted by Gasteiger charge is 2.21. The van der Waals surface area contributed by atoms with Crippen molar-refractivity contribution in [1.82, 2.24) is 15.2 Å². The molecule has 0 unspecified atom stereocenters. The molecule has 25 heavy (non-hydrogen) atoms. The Morgan fingerprint density at radius 3 is 2.60 bits per heavy atom. The lowest BCUT2D eigenvalue weighted by molar-refractivity contribution is 0.370. The number of aryl methyl sites for hydroxylation is 1. The predicted octanol–water partition coefficient (Wildman–Crippen LogP) is 2.67. The smallest absolute Gasteiger partial charge is 0.194 e. The minimum Gasteiger partial charge on any atom is -0.506 e. The van der Waals surface area contributed by atoms with Crippen LogP contribution in [0.1, 0.15) is 10.6 Å². The van der Waals surface area contributed by atoms with E-state index < -0.39 is 0 Å². The first kappa shape index (κ1) is 19.8. The molecule has 1 aliphatic rings. The molecule has 3 rings (SSSR count). The van der Waals surface area contributed by atoms with Crippen LogP contribution >= 0.6 is 35.3 Å². The molecule has 0 spiro atoms. The van der Waals surface area contributed by atoms with Crippen molar-refractivity contribution >= 4 is 47.0 Å². The van der Waals surface area contributed by atoms with E-state index in [4.69, 9.17) is 0 Å². The molecule has 0 aliphatic carbocycles. The molecule has 1 aromatic heterocycles. The average Bonchev–Trinajstić information content (AvgIpc) is 3.02. The number of nitrogens with one attached hydrogen (secondary N) is 1. The molecule has 1 aliphatic heterocycles. The van der Waals surface area contributed by atoms with Gasteiger partial charge in [-0.3, -0.25) is 4.99 Å². The number of thiazole rings is 1. The van der Waals surface area contributed by atoms with Gasteiger partial charge in [-0.15, -0.1) is 35.3 Å². The number of aromatic nitrogens is 1. The molecule has 1 saturated heterocycles. The minimum atomic E-state index is 0. The number of phenols is 1. The molecule has 2 N–H and O–H groups in total. The van der Waals surface area contributed by atoms with Gasteiger partial charge in [0.15, 0.2) is 5.96 Å². The second kappa shape index (κ2) is 9.23. The van der Waals surface area contributed by atoms with Crippen LogP contribution in [0.3, 0.4) is 0 Å². The first-order chi connectivity index (χ1) is 11.7. The zero-order valence-electron chi connectivity index (χ0n) is 14.5. The molecular weight excluding hydrogens is 449 g/mol. The van der Waals surface area contributed by atoms with Crippen LogP contribution in [-0.4, -0.2) is 54.2 Å². The Labute approximate surface area is 169 Å². The molecular formula is C17H24IN5OS. The maximum atomic E-state index is 10.0. The third kappa shape index (κ3) is 4.75. The molecule has 1 aromatic carbocycles. The van der Waals surface area contributed by atoms with Gasteiger partial charge in [0.05, 0.1) is 23.4 Å². The Balaban J connectivity index is 0.00000225. The lowest BCUT2D eigenvalue weighted by atomic mass is 10.2. The van der Waals surface area contributed by atoms with Crippen molar-refractivity contribution in [1.29, 1.82) is 0 Å². The number of hydrogen-bond donors (Lipinski definition) is 2. The van der Waals surface area contributed by atoms with E-state index in [-0.39, 0.29) is 24.0 Å². The SMILES string of the molecule is CN=C(NCc1scnc1C)N1CCN(c2ccccc2O)CC1.I. The quantitative estimate of drug-likeness (QED) is 0.408. The van der Waals surface area contributed by atoms with Crippen LogP contribution in [0.4, 0.5) is 5.69 Å². The van der Waals surface area contributed by atoms with E-state index in [2.05, 4.69) is 25.1 Å². The number of benzene rings is 1. The van der Waals surface area contributed by atoms with Gasteiger partial charge in [0, 0.05) is 38.1 Å². The van der Waals surface area contributed by atoms with Gasteiger partial charge in [-0.25, -0.2) is 4.98 Å². The van der Waals surface area contributed by atoms with Crippen LogP contribution in [0, 0.1) is 6.92 Å². The zero-order valence-corrected chi connectivity index (χ0v) is 17.6. The normalized spacial score (nSPS) is 15.0. The van der Waals surface area contributed by atoms with E-state index in [9.17, 15) is 5.11 Å². The summed E-state index contributed by atoms with van der Waals surface area (Å²) in [4.78, 5) is 14.4. The summed E-state index contributed by atoms with van der Waals surface area (Å²) in [6, 6.07) is 7.51. The monoisotopic (exact) mass is 473 g/mol. The topological polar surface area (TPSA) is 64.0 Å². The third-order valence-electron chi connectivity index (χ3n) is 4.27. The van der Waals surface area contributed by atoms with Crippen molar-refractivity contribution in [2.24, 2.45) is 4.99 Å². The molecule has 0 bridgehead atoms. The largest absolute Gasteiger partial charge is 0.506 e. The fourth-order valence-corrected chi connectivity index (χ4v) is 3.60. The maximum Gasteiger partial charge on any atom is 0.194 e. The van der Waals surface area contributed by atoms with Crippen LogP contribution in [0.25, 0.3) is 0 Å². The Bertz CT molecular complexity index is 713.